The average molecular weight is 296 g/mol. The van der Waals surface area contributed by atoms with E-state index in [9.17, 15) is 4.79 Å². The van der Waals surface area contributed by atoms with Gasteiger partial charge in [-0.15, -0.1) is 0 Å². The number of hydrogen-bond acceptors (Lipinski definition) is 2. The highest BCUT2D eigenvalue weighted by atomic mass is 16.1. The molecule has 1 aliphatic rings. The molecule has 1 N–H and O–H groups in total. The zero-order valence-electron chi connectivity index (χ0n) is 13.6. The smallest absolute Gasteiger partial charge is 0.256 e. The van der Waals surface area contributed by atoms with Gasteiger partial charge >= 0.3 is 0 Å². The van der Waals surface area contributed by atoms with Crippen molar-refractivity contribution in [1.82, 2.24) is 9.88 Å². The van der Waals surface area contributed by atoms with E-state index in [0.29, 0.717) is 6.04 Å². The highest BCUT2D eigenvalue weighted by Gasteiger charge is 2.19. The van der Waals surface area contributed by atoms with Gasteiger partial charge in [0.05, 0.1) is 0 Å². The van der Waals surface area contributed by atoms with Gasteiger partial charge in [-0.25, -0.2) is 0 Å². The Morgan fingerprint density at radius 1 is 1.09 bits per heavy atom. The second-order valence-electron chi connectivity index (χ2n) is 6.36. The number of hydrogen-bond donors (Lipinski definition) is 1. The molecule has 2 aromatic rings. The van der Waals surface area contributed by atoms with E-state index in [1.807, 2.05) is 19.9 Å². The van der Waals surface area contributed by atoms with E-state index >= 15 is 0 Å². The first-order chi connectivity index (χ1) is 10.6. The lowest BCUT2D eigenvalue weighted by Gasteiger charge is -2.24. The number of rotatable bonds is 3. The number of aromatic nitrogens is 1. The highest BCUT2D eigenvalue weighted by molar-refractivity contribution is 5.63. The van der Waals surface area contributed by atoms with Crippen LogP contribution in [-0.2, 0) is 0 Å². The zero-order valence-corrected chi connectivity index (χ0v) is 13.6. The summed E-state index contributed by atoms with van der Waals surface area (Å²) in [5, 5.41) is 0. The first-order valence-electron chi connectivity index (χ1n) is 8.11. The largest absolute Gasteiger partial charge is 0.326 e. The van der Waals surface area contributed by atoms with E-state index in [4.69, 9.17) is 0 Å². The fraction of sp³-hybridized carbons (Fsp3) is 0.421. The second-order valence-corrected chi connectivity index (χ2v) is 6.36. The molecular weight excluding hydrogens is 272 g/mol. The summed E-state index contributed by atoms with van der Waals surface area (Å²) in [7, 11) is 0. The number of benzene rings is 1. The molecule has 1 fully saturated rings. The molecule has 0 radical (unpaired) electrons. The molecule has 1 saturated heterocycles. The van der Waals surface area contributed by atoms with E-state index in [2.05, 4.69) is 41.1 Å². The Kier molecular flexibility index (Phi) is 4.16. The van der Waals surface area contributed by atoms with Crippen LogP contribution in [0.4, 0.5) is 0 Å². The molecule has 1 aliphatic heterocycles. The maximum atomic E-state index is 12.2. The van der Waals surface area contributed by atoms with Crippen molar-refractivity contribution in [3.63, 3.8) is 0 Å². The van der Waals surface area contributed by atoms with Crippen molar-refractivity contribution < 1.29 is 0 Å². The van der Waals surface area contributed by atoms with Crippen LogP contribution in [0.1, 0.15) is 42.6 Å². The van der Waals surface area contributed by atoms with Gasteiger partial charge < -0.3 is 4.98 Å². The lowest BCUT2D eigenvalue weighted by molar-refractivity contribution is 0.263. The molecule has 0 aliphatic carbocycles. The van der Waals surface area contributed by atoms with Crippen molar-refractivity contribution in [3.8, 4) is 11.1 Å². The number of likely N-dealkylation sites (tertiary alicyclic amines) is 1. The van der Waals surface area contributed by atoms with E-state index in [-0.39, 0.29) is 5.56 Å². The third-order valence-electron chi connectivity index (χ3n) is 4.89. The molecule has 3 nitrogen and oxygen atoms in total. The quantitative estimate of drug-likeness (QED) is 0.935. The van der Waals surface area contributed by atoms with Gasteiger partial charge in [-0.05, 0) is 69.5 Å². The van der Waals surface area contributed by atoms with Crippen LogP contribution in [0.25, 0.3) is 11.1 Å². The fourth-order valence-electron chi connectivity index (χ4n) is 3.22. The molecule has 2 heterocycles. The van der Waals surface area contributed by atoms with Gasteiger partial charge in [-0.3, -0.25) is 9.69 Å². The summed E-state index contributed by atoms with van der Waals surface area (Å²) in [5.41, 5.74) is 5.11. The van der Waals surface area contributed by atoms with E-state index in [1.165, 1.54) is 31.5 Å². The number of pyridine rings is 1. The first-order valence-corrected chi connectivity index (χ1v) is 8.11. The summed E-state index contributed by atoms with van der Waals surface area (Å²) in [6, 6.07) is 10.9. The molecule has 0 spiro atoms. The van der Waals surface area contributed by atoms with Crippen LogP contribution in [0.3, 0.4) is 0 Å². The molecular formula is C19H24N2O. The Labute approximate surface area is 132 Å². The molecule has 1 aromatic carbocycles. The van der Waals surface area contributed by atoms with Crippen LogP contribution >= 0.6 is 0 Å². The van der Waals surface area contributed by atoms with Crippen molar-refractivity contribution in [2.45, 2.75) is 39.7 Å². The molecule has 0 amide bonds. The summed E-state index contributed by atoms with van der Waals surface area (Å²) >= 11 is 0. The summed E-state index contributed by atoms with van der Waals surface area (Å²) in [5.74, 6) is 0. The van der Waals surface area contributed by atoms with E-state index < -0.39 is 0 Å². The minimum Gasteiger partial charge on any atom is -0.326 e. The Balaban J connectivity index is 1.88. The van der Waals surface area contributed by atoms with Gasteiger partial charge in [0, 0.05) is 17.3 Å². The average Bonchev–Trinajstić information content (AvgIpc) is 3.05. The summed E-state index contributed by atoms with van der Waals surface area (Å²) < 4.78 is 0. The predicted octanol–water partition coefficient (Wildman–Crippen LogP) is 3.82. The van der Waals surface area contributed by atoms with Gasteiger partial charge in [0.1, 0.15) is 0 Å². The molecule has 1 aromatic heterocycles. The van der Waals surface area contributed by atoms with Crippen molar-refractivity contribution in [3.05, 3.63) is 57.5 Å². The Bertz CT molecular complexity index is 709. The topological polar surface area (TPSA) is 36.1 Å². The van der Waals surface area contributed by atoms with Crippen LogP contribution in [0.5, 0.6) is 0 Å². The van der Waals surface area contributed by atoms with Gasteiger partial charge in [0.2, 0.25) is 0 Å². The van der Waals surface area contributed by atoms with Gasteiger partial charge in [-0.2, -0.15) is 0 Å². The minimum absolute atomic E-state index is 0.0107. The lowest BCUT2D eigenvalue weighted by atomic mass is 10.0. The van der Waals surface area contributed by atoms with Crippen LogP contribution in [-0.4, -0.2) is 23.0 Å². The van der Waals surface area contributed by atoms with E-state index in [1.54, 1.807) is 0 Å². The van der Waals surface area contributed by atoms with Gasteiger partial charge in [0.15, 0.2) is 0 Å². The molecule has 1 unspecified atom stereocenters. The molecule has 0 saturated carbocycles. The summed E-state index contributed by atoms with van der Waals surface area (Å²) in [4.78, 5) is 17.6. The summed E-state index contributed by atoms with van der Waals surface area (Å²) in [6.07, 6.45) is 2.61. The number of aromatic amines is 1. The lowest BCUT2D eigenvalue weighted by Crippen LogP contribution is -2.23. The van der Waals surface area contributed by atoms with Gasteiger partial charge in [-0.1, -0.05) is 24.3 Å². The normalized spacial score (nSPS) is 16.9. The maximum absolute atomic E-state index is 12.2. The van der Waals surface area contributed by atoms with Crippen molar-refractivity contribution in [2.24, 2.45) is 0 Å². The molecule has 1 atom stereocenters. The highest BCUT2D eigenvalue weighted by Crippen LogP contribution is 2.26. The van der Waals surface area contributed by atoms with Gasteiger partial charge in [0.25, 0.3) is 5.56 Å². The third kappa shape index (κ3) is 2.86. The molecule has 22 heavy (non-hydrogen) atoms. The number of H-pyrrole nitrogens is 1. The second kappa shape index (κ2) is 6.09. The maximum Gasteiger partial charge on any atom is 0.256 e. The Morgan fingerprint density at radius 2 is 1.73 bits per heavy atom. The van der Waals surface area contributed by atoms with Crippen molar-refractivity contribution in [1.29, 1.82) is 0 Å². The standard InChI is InChI=1S/C19H24N2O/c1-13-12-18(19(22)20-14(13)2)17-8-6-16(7-9-17)15(3)21-10-4-5-11-21/h6-9,12,15H,4-5,10-11H2,1-3H3,(H,20,22). The number of nitrogens with zero attached hydrogens (tertiary/aromatic N) is 1. The predicted molar refractivity (Wildman–Crippen MR) is 91.2 cm³/mol. The monoisotopic (exact) mass is 296 g/mol. The Hall–Kier alpha value is -1.87. The van der Waals surface area contributed by atoms with E-state index in [0.717, 1.165) is 22.4 Å². The minimum atomic E-state index is -0.0107. The molecule has 116 valence electrons. The first kappa shape index (κ1) is 15.0. The fourth-order valence-corrected chi connectivity index (χ4v) is 3.22. The van der Waals surface area contributed by atoms with Crippen LogP contribution < -0.4 is 5.56 Å². The van der Waals surface area contributed by atoms with Crippen LogP contribution in [0, 0.1) is 13.8 Å². The third-order valence-corrected chi connectivity index (χ3v) is 4.89. The van der Waals surface area contributed by atoms with Crippen LogP contribution in [0.2, 0.25) is 0 Å². The van der Waals surface area contributed by atoms with Crippen LogP contribution in [0.15, 0.2) is 35.1 Å². The summed E-state index contributed by atoms with van der Waals surface area (Å²) in [6.45, 7) is 8.61. The molecule has 0 bridgehead atoms. The molecule has 3 rings (SSSR count). The zero-order chi connectivity index (χ0) is 15.7. The Morgan fingerprint density at radius 3 is 2.36 bits per heavy atom. The van der Waals surface area contributed by atoms with Crippen molar-refractivity contribution in [2.75, 3.05) is 13.1 Å². The SMILES string of the molecule is Cc1cc(-c2ccc(C(C)N3CCCC3)cc2)c(=O)[nH]c1C. The molecule has 3 heteroatoms. The van der Waals surface area contributed by atoms with Crippen molar-refractivity contribution >= 4 is 0 Å². The number of nitrogens with one attached hydrogen (secondary N) is 1. The number of aryl methyl sites for hydroxylation is 2.